The van der Waals surface area contributed by atoms with E-state index in [9.17, 15) is 137 Å². The van der Waals surface area contributed by atoms with E-state index in [0.29, 0.717) is 0 Å². The number of aliphatic hydroxyl groups is 24. The fraction of sp³-hybridized carbons (Fsp3) is 0.950. The molecular weight excluding hydrogens is 1470 g/mol. The molecule has 3 amide bonds. The first-order chi connectivity index (χ1) is 50.5. The Labute approximate surface area is 606 Å². The van der Waals surface area contributed by atoms with Crippen molar-refractivity contribution < 1.29 is 217 Å². The number of ether oxygens (including phenoxy) is 17. The summed E-state index contributed by atoms with van der Waals surface area (Å²) < 4.78 is 101. The highest BCUT2D eigenvalue weighted by molar-refractivity contribution is 5.74. The predicted octanol–water partition coefficient (Wildman–Crippen LogP) is -18.1. The second-order valence-corrected chi connectivity index (χ2v) is 27.4. The lowest BCUT2D eigenvalue weighted by Gasteiger charge is -2.52. The van der Waals surface area contributed by atoms with E-state index in [1.165, 1.54) is 13.8 Å². The third-order valence-electron chi connectivity index (χ3n) is 19.9. The Morgan fingerprint density at radius 3 is 1.11 bits per heavy atom. The number of amides is 3. The zero-order chi connectivity index (χ0) is 78.8. The van der Waals surface area contributed by atoms with Gasteiger partial charge in [-0.05, 0) is 13.8 Å². The Morgan fingerprint density at radius 2 is 0.589 bits per heavy atom. The second kappa shape index (κ2) is 37.8. The molecule has 0 aromatic carbocycles. The lowest BCUT2D eigenvalue weighted by Crippen LogP contribution is -2.71. The molecule has 47 nitrogen and oxygen atoms in total. The molecule has 47 heteroatoms. The van der Waals surface area contributed by atoms with Crippen molar-refractivity contribution >= 4 is 17.7 Å². The highest BCUT2D eigenvalue weighted by Gasteiger charge is 2.61. The van der Waals surface area contributed by atoms with Crippen LogP contribution in [0.1, 0.15) is 34.6 Å². The quantitative estimate of drug-likeness (QED) is 0.0382. The molecule has 0 bridgehead atoms. The van der Waals surface area contributed by atoms with Gasteiger partial charge in [0.05, 0.1) is 58.5 Å². The van der Waals surface area contributed by atoms with Gasteiger partial charge >= 0.3 is 0 Å². The van der Waals surface area contributed by atoms with E-state index in [0.717, 1.165) is 20.8 Å². The molecule has 107 heavy (non-hydrogen) atoms. The van der Waals surface area contributed by atoms with Gasteiger partial charge in [0, 0.05) is 20.8 Å². The van der Waals surface area contributed by atoms with Crippen LogP contribution in [0, 0.1) is 0 Å². The Kier molecular flexibility index (Phi) is 31.0. The van der Waals surface area contributed by atoms with Crippen molar-refractivity contribution in [3.05, 3.63) is 0 Å². The first kappa shape index (κ1) is 87.7. The zero-order valence-electron chi connectivity index (χ0n) is 57.8. The van der Waals surface area contributed by atoms with Crippen LogP contribution in [0.15, 0.2) is 0 Å². The molecule has 9 saturated heterocycles. The molecule has 9 aliphatic rings. The van der Waals surface area contributed by atoms with Gasteiger partial charge in [0.1, 0.15) is 207 Å². The number of hydrogen-bond donors (Lipinski definition) is 27. The predicted molar refractivity (Wildman–Crippen MR) is 329 cm³/mol. The van der Waals surface area contributed by atoms with Gasteiger partial charge in [-0.25, -0.2) is 0 Å². The van der Waals surface area contributed by atoms with Gasteiger partial charge in [-0.2, -0.15) is 0 Å². The molecule has 9 aliphatic heterocycles. The minimum Gasteiger partial charge on any atom is -0.394 e. The fourth-order valence-electron chi connectivity index (χ4n) is 13.8. The Balaban J connectivity index is 1.05. The summed E-state index contributed by atoms with van der Waals surface area (Å²) in [5, 5.41) is 273. The third-order valence-corrected chi connectivity index (χ3v) is 19.9. The summed E-state index contributed by atoms with van der Waals surface area (Å²) in [5.41, 5.74) is 0. The van der Waals surface area contributed by atoms with Crippen molar-refractivity contribution in [1.82, 2.24) is 16.0 Å². The van der Waals surface area contributed by atoms with Gasteiger partial charge in [0.2, 0.25) is 17.7 Å². The molecular formula is C60H101N3O44. The molecule has 0 spiro atoms. The fourth-order valence-corrected chi connectivity index (χ4v) is 13.8. The maximum atomic E-state index is 13.4. The first-order valence-corrected chi connectivity index (χ1v) is 34.3. The molecule has 0 unspecified atom stereocenters. The maximum absolute atomic E-state index is 13.4. The minimum absolute atomic E-state index is 0.815. The van der Waals surface area contributed by atoms with Crippen molar-refractivity contribution in [3.8, 4) is 0 Å². The number of aliphatic hydroxyl groups excluding tert-OH is 24. The van der Waals surface area contributed by atoms with Crippen molar-refractivity contribution in [3.63, 3.8) is 0 Å². The standard InChI is InChI=1S/C60H101N3O44/c1-13-28(72)36(80)41(85)55(93-13)92-12-24-47(34(78)25(52(90)95-24)61-15(3)69)102-53-26(62-16(4)70)35(79)46(21(9-67)99-53)103-59-45(89)50(33(77)23(101-59)11-91-56-42(86)38(82)30(74)18(6-64)96-56)106-60-51(40(84)32(76)20(8-66)98-60)107-54-27(63-17(5)71)49(105-57-43(87)37(81)29(73)14(2)94-57)48(22(10-68)100-54)104-58-44(88)39(83)31(75)19(7-65)97-58/h13-14,18-60,64-68,72-90H,6-12H2,1-5H3,(H,61,69)(H,62,70)(H,63,71)/t13-,14-,18+,19+,20+,21+,22+,23+,24+,25+,26+,27+,28+,29+,30+,31-,32+,33+,34+,35+,36+,37+,38-,39-,40-,41-,42-,43-,44+,45-,46+,47+,48+,49+,50-,51-,52+,53-,54-,55+,56-,57-,58-,59-,60+/m0/s1. The summed E-state index contributed by atoms with van der Waals surface area (Å²) in [6.45, 7) is -1.94. The largest absolute Gasteiger partial charge is 0.394 e. The number of hydrogen-bond acceptors (Lipinski definition) is 44. The number of rotatable bonds is 26. The van der Waals surface area contributed by atoms with Crippen LogP contribution in [-0.4, -0.2) is 463 Å². The maximum Gasteiger partial charge on any atom is 0.217 e. The van der Waals surface area contributed by atoms with E-state index >= 15 is 0 Å². The van der Waals surface area contributed by atoms with Gasteiger partial charge in [-0.15, -0.1) is 0 Å². The molecule has 9 fully saturated rings. The summed E-state index contributed by atoms with van der Waals surface area (Å²) in [4.78, 5) is 38.8. The van der Waals surface area contributed by atoms with Crippen LogP contribution >= 0.6 is 0 Å². The third kappa shape index (κ3) is 19.3. The van der Waals surface area contributed by atoms with Crippen LogP contribution in [0.4, 0.5) is 0 Å². The van der Waals surface area contributed by atoms with Crippen molar-refractivity contribution in [2.45, 2.75) is 311 Å². The highest BCUT2D eigenvalue weighted by Crippen LogP contribution is 2.40. The Bertz CT molecular complexity index is 2800. The van der Waals surface area contributed by atoms with Crippen LogP contribution in [0.3, 0.4) is 0 Å². The van der Waals surface area contributed by atoms with Crippen LogP contribution in [-0.2, 0) is 94.9 Å². The SMILES string of the molecule is CC(=O)N[C@@H]1[C@@H](O)[C@H](O[C@@H]2O[C@H](CO)[C@@H](O[C@@H]3O[C@H](CO[C@H]4O[C@H](CO)[C@@H](O)[C@H](O)[C@@H]4O)[C@@H](O)[C@H](O[C@H]4O[C@H](CO)[C@@H](O)[C@H](O)[C@@H]4O[C@@H]4O[C@H](CO)[C@@H](O[C@@H]5O[C@H](CO)[C@H](O)[C@H](O)[C@H]5O)[C@H](O[C@@H]5O[C@@H](C)[C@@H](O)[C@@H](O)[C@@H]5O)[C@H]4NC(C)=O)[C@@H]3O)[C@H](O)[C@H]2NC(C)=O)[C@@H](CO[C@@H]2O[C@@H](C)[C@@H](O)[C@@H](O)[C@@H]2O)O[C@H]1O. The Hall–Kier alpha value is -3.23. The summed E-state index contributed by atoms with van der Waals surface area (Å²) in [6.07, 6.45) is -84.5. The molecule has 0 saturated carbocycles. The van der Waals surface area contributed by atoms with Crippen LogP contribution < -0.4 is 16.0 Å². The summed E-state index contributed by atoms with van der Waals surface area (Å²) in [5.74, 6) is -2.75. The van der Waals surface area contributed by atoms with Gasteiger partial charge < -0.3 is 219 Å². The Morgan fingerprint density at radius 1 is 0.262 bits per heavy atom. The minimum atomic E-state index is -2.53. The zero-order valence-corrected chi connectivity index (χ0v) is 57.8. The lowest BCUT2D eigenvalue weighted by molar-refractivity contribution is -0.402. The summed E-state index contributed by atoms with van der Waals surface area (Å²) in [6, 6.07) is -5.67. The topological polar surface area (TPSA) is 730 Å². The molecule has 0 aromatic rings. The summed E-state index contributed by atoms with van der Waals surface area (Å²) in [7, 11) is 0. The second-order valence-electron chi connectivity index (χ2n) is 27.4. The molecule has 0 aromatic heterocycles. The normalized spacial score (nSPS) is 50.7. The smallest absolute Gasteiger partial charge is 0.217 e. The highest BCUT2D eigenvalue weighted by atomic mass is 16.8. The van der Waals surface area contributed by atoms with Gasteiger partial charge in [0.25, 0.3) is 0 Å². The van der Waals surface area contributed by atoms with Crippen LogP contribution in [0.5, 0.6) is 0 Å². The number of carbonyl (C=O) groups is 3. The molecule has 0 aliphatic carbocycles. The van der Waals surface area contributed by atoms with E-state index in [2.05, 4.69) is 16.0 Å². The molecule has 45 atom stereocenters. The molecule has 620 valence electrons. The molecule has 0 radical (unpaired) electrons. The van der Waals surface area contributed by atoms with E-state index in [4.69, 9.17) is 80.5 Å². The van der Waals surface area contributed by atoms with Gasteiger partial charge in [0.15, 0.2) is 56.6 Å². The van der Waals surface area contributed by atoms with E-state index < -0.39 is 340 Å². The molecule has 27 N–H and O–H groups in total. The van der Waals surface area contributed by atoms with Crippen molar-refractivity contribution in [1.29, 1.82) is 0 Å². The molecule has 9 heterocycles. The van der Waals surface area contributed by atoms with E-state index in [1.54, 1.807) is 0 Å². The molecule has 9 rings (SSSR count). The summed E-state index contributed by atoms with van der Waals surface area (Å²) >= 11 is 0. The van der Waals surface area contributed by atoms with Crippen LogP contribution in [0.25, 0.3) is 0 Å². The van der Waals surface area contributed by atoms with Gasteiger partial charge in [-0.1, -0.05) is 0 Å². The van der Waals surface area contributed by atoms with Crippen molar-refractivity contribution in [2.24, 2.45) is 0 Å². The lowest BCUT2D eigenvalue weighted by atomic mass is 9.93. The van der Waals surface area contributed by atoms with Crippen LogP contribution in [0.2, 0.25) is 0 Å². The number of carbonyl (C=O) groups excluding carboxylic acids is 3. The van der Waals surface area contributed by atoms with Gasteiger partial charge in [-0.3, -0.25) is 14.4 Å². The average Bonchev–Trinajstić information content (AvgIpc) is 0.761. The number of nitrogens with one attached hydrogen (secondary N) is 3. The monoisotopic (exact) mass is 1570 g/mol. The van der Waals surface area contributed by atoms with E-state index in [1.807, 2.05) is 0 Å². The van der Waals surface area contributed by atoms with Crippen molar-refractivity contribution in [2.75, 3.05) is 46.2 Å². The van der Waals surface area contributed by atoms with E-state index in [-0.39, 0.29) is 0 Å². The first-order valence-electron chi connectivity index (χ1n) is 34.3. The average molecular weight is 1570 g/mol.